The number of hydrogen-bond acceptors (Lipinski definition) is 0. The van der Waals surface area contributed by atoms with E-state index in [0.717, 1.165) is 0 Å². The summed E-state index contributed by atoms with van der Waals surface area (Å²) in [5, 5.41) is 0. The Bertz CT molecular complexity index is 519. The summed E-state index contributed by atoms with van der Waals surface area (Å²) in [5.74, 6) is 2.42. The van der Waals surface area contributed by atoms with Gasteiger partial charge in [-0.2, -0.15) is 26.3 Å². The number of benzene rings is 1. The fourth-order valence-corrected chi connectivity index (χ4v) is 1.81. The molecule has 0 aromatic heterocycles. The number of hydrogen-bond donors (Lipinski definition) is 0. The van der Waals surface area contributed by atoms with Gasteiger partial charge in [-0.1, -0.05) is 25.6 Å². The summed E-state index contributed by atoms with van der Waals surface area (Å²) in [6.45, 7) is 5.54. The maximum Gasteiger partial charge on any atom is 0.416 e. The zero-order chi connectivity index (χ0) is 15.8. The van der Waals surface area contributed by atoms with Crippen molar-refractivity contribution >= 4 is 8.07 Å². The number of alkyl halides is 6. The van der Waals surface area contributed by atoms with Crippen molar-refractivity contribution in [2.45, 2.75) is 32.0 Å². The van der Waals surface area contributed by atoms with Gasteiger partial charge in [0, 0.05) is 5.56 Å². The molecular formula is C13H12F6Si. The van der Waals surface area contributed by atoms with Gasteiger partial charge in [-0.3, -0.25) is 0 Å². The van der Waals surface area contributed by atoms with Gasteiger partial charge >= 0.3 is 12.4 Å². The molecule has 20 heavy (non-hydrogen) atoms. The highest BCUT2D eigenvalue weighted by Crippen LogP contribution is 2.36. The zero-order valence-electron chi connectivity index (χ0n) is 11.0. The van der Waals surface area contributed by atoms with Crippen LogP contribution in [0.2, 0.25) is 19.6 Å². The second-order valence-electron chi connectivity index (χ2n) is 5.29. The maximum atomic E-state index is 12.6. The molecule has 0 aliphatic heterocycles. The number of rotatable bonds is 0. The van der Waals surface area contributed by atoms with Crippen LogP contribution in [-0.4, -0.2) is 8.07 Å². The van der Waals surface area contributed by atoms with Gasteiger partial charge in [-0.05, 0) is 18.2 Å². The molecule has 1 rings (SSSR count). The molecule has 0 nitrogen and oxygen atoms in total. The molecule has 7 heteroatoms. The first-order chi connectivity index (χ1) is 8.79. The van der Waals surface area contributed by atoms with Gasteiger partial charge in [0.15, 0.2) is 0 Å². The third-order valence-corrected chi connectivity index (χ3v) is 3.04. The Kier molecular flexibility index (Phi) is 4.30. The first-order valence-electron chi connectivity index (χ1n) is 5.62. The molecule has 0 saturated carbocycles. The van der Waals surface area contributed by atoms with Crippen molar-refractivity contribution < 1.29 is 26.3 Å². The van der Waals surface area contributed by atoms with E-state index in [1.807, 2.05) is 19.6 Å². The molecule has 0 amide bonds. The van der Waals surface area contributed by atoms with Crippen LogP contribution in [0.25, 0.3) is 0 Å². The summed E-state index contributed by atoms with van der Waals surface area (Å²) >= 11 is 0. The van der Waals surface area contributed by atoms with Crippen molar-refractivity contribution in [2.75, 3.05) is 0 Å². The molecule has 0 bridgehead atoms. The highest BCUT2D eigenvalue weighted by atomic mass is 28.3. The van der Waals surface area contributed by atoms with Crippen LogP contribution in [0.4, 0.5) is 26.3 Å². The van der Waals surface area contributed by atoms with Crippen molar-refractivity contribution in [2.24, 2.45) is 0 Å². The molecule has 0 unspecified atom stereocenters. The highest BCUT2D eigenvalue weighted by Gasteiger charge is 2.36. The van der Waals surface area contributed by atoms with Gasteiger partial charge in [0.1, 0.15) is 8.07 Å². The molecule has 1 aromatic rings. The van der Waals surface area contributed by atoms with Crippen molar-refractivity contribution in [3.8, 4) is 11.5 Å². The fraction of sp³-hybridized carbons (Fsp3) is 0.385. The molecular weight excluding hydrogens is 298 g/mol. The Hall–Kier alpha value is -1.42. The zero-order valence-corrected chi connectivity index (χ0v) is 12.0. The van der Waals surface area contributed by atoms with Gasteiger partial charge in [-0.15, -0.1) is 5.54 Å². The summed E-state index contributed by atoms with van der Waals surface area (Å²) in [5.41, 5.74) is -0.200. The van der Waals surface area contributed by atoms with Gasteiger partial charge in [0.05, 0.1) is 11.1 Å². The lowest BCUT2D eigenvalue weighted by Gasteiger charge is -2.12. The smallest absolute Gasteiger partial charge is 0.166 e. The first kappa shape index (κ1) is 16.6. The molecule has 0 radical (unpaired) electrons. The van der Waals surface area contributed by atoms with Gasteiger partial charge < -0.3 is 0 Å². The van der Waals surface area contributed by atoms with Crippen LogP contribution in [0.3, 0.4) is 0 Å². The van der Waals surface area contributed by atoms with Crippen LogP contribution in [0, 0.1) is 11.5 Å². The molecule has 0 N–H and O–H groups in total. The third kappa shape index (κ3) is 4.93. The van der Waals surface area contributed by atoms with E-state index < -0.39 is 31.6 Å². The minimum Gasteiger partial charge on any atom is -0.166 e. The molecule has 1 aromatic carbocycles. The molecule has 110 valence electrons. The highest BCUT2D eigenvalue weighted by molar-refractivity contribution is 6.83. The lowest BCUT2D eigenvalue weighted by atomic mass is 10.1. The Balaban J connectivity index is 3.42. The molecule has 0 saturated heterocycles. The summed E-state index contributed by atoms with van der Waals surface area (Å²) < 4.78 is 75.6. The van der Waals surface area contributed by atoms with Crippen molar-refractivity contribution in [1.29, 1.82) is 0 Å². The summed E-state index contributed by atoms with van der Waals surface area (Å²) in [7, 11) is -1.89. The molecule has 0 aliphatic rings. The summed E-state index contributed by atoms with van der Waals surface area (Å²) in [4.78, 5) is 0. The van der Waals surface area contributed by atoms with Crippen LogP contribution in [-0.2, 0) is 12.4 Å². The molecule has 0 fully saturated rings. The lowest BCUT2D eigenvalue weighted by Crippen LogP contribution is -2.16. The standard InChI is InChI=1S/C13H12F6Si/c1-20(2,3)5-4-9-6-10(12(14,15)16)8-11(7-9)13(17,18)19/h6-8H,1-3H3. The van der Waals surface area contributed by atoms with E-state index in [2.05, 4.69) is 11.5 Å². The van der Waals surface area contributed by atoms with Crippen molar-refractivity contribution in [3.05, 3.63) is 34.9 Å². The van der Waals surface area contributed by atoms with Crippen LogP contribution < -0.4 is 0 Å². The van der Waals surface area contributed by atoms with Gasteiger partial charge in [0.2, 0.25) is 0 Å². The summed E-state index contributed by atoms with van der Waals surface area (Å²) in [6, 6.07) is 1.38. The monoisotopic (exact) mass is 310 g/mol. The minimum atomic E-state index is -4.84. The molecule has 0 spiro atoms. The predicted molar refractivity (Wildman–Crippen MR) is 66.7 cm³/mol. The lowest BCUT2D eigenvalue weighted by molar-refractivity contribution is -0.143. The molecule has 0 aliphatic carbocycles. The second-order valence-corrected chi connectivity index (χ2v) is 10.0. The SMILES string of the molecule is C[Si](C)(C)C#Cc1cc(C(F)(F)F)cc(C(F)(F)F)c1. The topological polar surface area (TPSA) is 0 Å². The van der Waals surface area contributed by atoms with Crippen molar-refractivity contribution in [1.82, 2.24) is 0 Å². The largest absolute Gasteiger partial charge is 0.416 e. The fourth-order valence-electron chi connectivity index (χ4n) is 1.29. The Labute approximate surface area is 113 Å². The van der Waals surface area contributed by atoms with E-state index in [0.29, 0.717) is 12.1 Å². The van der Waals surface area contributed by atoms with Gasteiger partial charge in [-0.25, -0.2) is 0 Å². The molecule has 0 heterocycles. The maximum absolute atomic E-state index is 12.6. The van der Waals surface area contributed by atoms with Crippen LogP contribution >= 0.6 is 0 Å². The average Bonchev–Trinajstić information content (AvgIpc) is 2.22. The van der Waals surface area contributed by atoms with E-state index in [1.165, 1.54) is 0 Å². The second kappa shape index (κ2) is 5.17. The van der Waals surface area contributed by atoms with E-state index in [1.54, 1.807) is 0 Å². The van der Waals surface area contributed by atoms with Crippen molar-refractivity contribution in [3.63, 3.8) is 0 Å². The van der Waals surface area contributed by atoms with E-state index in [9.17, 15) is 26.3 Å². The van der Waals surface area contributed by atoms with E-state index >= 15 is 0 Å². The number of halogens is 6. The minimum absolute atomic E-state index is 0.0969. The average molecular weight is 310 g/mol. The van der Waals surface area contributed by atoms with Gasteiger partial charge in [0.25, 0.3) is 0 Å². The van der Waals surface area contributed by atoms with E-state index in [4.69, 9.17) is 0 Å². The molecule has 0 atom stereocenters. The normalized spacial score (nSPS) is 12.8. The summed E-state index contributed by atoms with van der Waals surface area (Å²) in [6.07, 6.45) is -9.67. The Morgan fingerprint density at radius 2 is 1.20 bits per heavy atom. The third-order valence-electron chi connectivity index (χ3n) is 2.17. The van der Waals surface area contributed by atoms with Crippen LogP contribution in [0.15, 0.2) is 18.2 Å². The quantitative estimate of drug-likeness (QED) is 0.361. The van der Waals surface area contributed by atoms with Crippen LogP contribution in [0.5, 0.6) is 0 Å². The predicted octanol–water partition coefficient (Wildman–Crippen LogP) is 4.95. The Morgan fingerprint density at radius 3 is 1.50 bits per heavy atom. The van der Waals surface area contributed by atoms with Crippen LogP contribution in [0.1, 0.15) is 16.7 Å². The Morgan fingerprint density at radius 1 is 0.800 bits per heavy atom. The first-order valence-corrected chi connectivity index (χ1v) is 9.12. The van der Waals surface area contributed by atoms with E-state index in [-0.39, 0.29) is 11.6 Å².